The van der Waals surface area contributed by atoms with E-state index in [0.29, 0.717) is 5.54 Å². The summed E-state index contributed by atoms with van der Waals surface area (Å²) >= 11 is 0. The third kappa shape index (κ3) is 2.83. The van der Waals surface area contributed by atoms with Crippen molar-refractivity contribution < 1.29 is 0 Å². The molecule has 3 rings (SSSR count). The molecule has 1 fully saturated rings. The van der Waals surface area contributed by atoms with Crippen LogP contribution in [-0.2, 0) is 12.8 Å². The first-order chi connectivity index (χ1) is 8.84. The molecule has 0 radical (unpaired) electrons. The third-order valence-electron chi connectivity index (χ3n) is 4.98. The summed E-state index contributed by atoms with van der Waals surface area (Å²) < 4.78 is 0. The zero-order valence-electron chi connectivity index (χ0n) is 12.0. The highest BCUT2D eigenvalue weighted by Gasteiger charge is 2.40. The molecule has 0 bridgehead atoms. The van der Waals surface area contributed by atoms with Crippen molar-refractivity contribution in [1.29, 1.82) is 0 Å². The van der Waals surface area contributed by atoms with Gasteiger partial charge in [0.1, 0.15) is 0 Å². The maximum absolute atomic E-state index is 2.81. The molecule has 1 aliphatic carbocycles. The Labute approximate surface area is 123 Å². The number of benzene rings is 1. The molecular weight excluding hydrogens is 254 g/mol. The molecule has 0 aromatic heterocycles. The first kappa shape index (κ1) is 14.9. The molecule has 0 saturated carbocycles. The maximum atomic E-state index is 2.81. The number of hydrogen-bond acceptors (Lipinski definition) is 1. The highest BCUT2D eigenvalue weighted by molar-refractivity contribution is 5.85. The Morgan fingerprint density at radius 1 is 1.11 bits per heavy atom. The molecule has 1 aliphatic heterocycles. The van der Waals surface area contributed by atoms with Crippen molar-refractivity contribution in [3.05, 3.63) is 35.4 Å². The highest BCUT2D eigenvalue weighted by Crippen LogP contribution is 2.39. The Morgan fingerprint density at radius 3 is 2.68 bits per heavy atom. The minimum atomic E-state index is 0. The van der Waals surface area contributed by atoms with Gasteiger partial charge in [-0.1, -0.05) is 37.6 Å². The van der Waals surface area contributed by atoms with Gasteiger partial charge in [0.05, 0.1) is 0 Å². The topological polar surface area (TPSA) is 3.24 Å². The second-order valence-electron chi connectivity index (χ2n) is 6.11. The van der Waals surface area contributed by atoms with Crippen molar-refractivity contribution in [1.82, 2.24) is 4.90 Å². The van der Waals surface area contributed by atoms with Gasteiger partial charge in [-0.2, -0.15) is 0 Å². The standard InChI is InChI=1S/C17H25N.ClH/c1-2-12-18-13-6-5-10-17(18)11-9-15-7-3-4-8-16(15)14-17;/h3-4,7-8H,2,5-6,9-14H2,1H3;1H. The first-order valence-electron chi connectivity index (χ1n) is 7.66. The van der Waals surface area contributed by atoms with Crippen LogP contribution in [0.4, 0.5) is 0 Å². The van der Waals surface area contributed by atoms with Gasteiger partial charge in [-0.15, -0.1) is 12.4 Å². The van der Waals surface area contributed by atoms with E-state index in [0.717, 1.165) is 0 Å². The molecular formula is C17H26ClN. The van der Waals surface area contributed by atoms with Gasteiger partial charge >= 0.3 is 0 Å². The van der Waals surface area contributed by atoms with Crippen LogP contribution in [-0.4, -0.2) is 23.5 Å². The average molecular weight is 280 g/mol. The fourth-order valence-electron chi connectivity index (χ4n) is 4.04. The molecule has 1 heterocycles. The molecule has 1 saturated heterocycles. The van der Waals surface area contributed by atoms with Crippen LogP contribution in [0.3, 0.4) is 0 Å². The summed E-state index contributed by atoms with van der Waals surface area (Å²) in [5.41, 5.74) is 3.72. The number of fused-ring (bicyclic) bond motifs is 1. The summed E-state index contributed by atoms with van der Waals surface area (Å²) in [6.45, 7) is 4.94. The predicted octanol–water partition coefficient (Wildman–Crippen LogP) is 4.23. The number of aryl methyl sites for hydroxylation is 1. The quantitative estimate of drug-likeness (QED) is 0.783. The van der Waals surface area contributed by atoms with E-state index in [9.17, 15) is 0 Å². The molecule has 1 nitrogen and oxygen atoms in total. The fraction of sp³-hybridized carbons (Fsp3) is 0.647. The minimum Gasteiger partial charge on any atom is -0.297 e. The molecule has 1 unspecified atom stereocenters. The number of nitrogens with zero attached hydrogens (tertiary/aromatic N) is 1. The van der Waals surface area contributed by atoms with Crippen molar-refractivity contribution in [2.75, 3.05) is 13.1 Å². The van der Waals surface area contributed by atoms with Crippen LogP contribution in [0.2, 0.25) is 0 Å². The Morgan fingerprint density at radius 2 is 1.89 bits per heavy atom. The lowest BCUT2D eigenvalue weighted by Gasteiger charge is -2.50. The normalized spacial score (nSPS) is 26.8. The molecule has 0 N–H and O–H groups in total. The van der Waals surface area contributed by atoms with Crippen LogP contribution in [0.5, 0.6) is 0 Å². The van der Waals surface area contributed by atoms with Gasteiger partial charge in [-0.25, -0.2) is 0 Å². The number of piperidine rings is 1. The second-order valence-corrected chi connectivity index (χ2v) is 6.11. The highest BCUT2D eigenvalue weighted by atomic mass is 35.5. The van der Waals surface area contributed by atoms with Crippen LogP contribution >= 0.6 is 12.4 Å². The number of likely N-dealkylation sites (tertiary alicyclic amines) is 1. The Balaban J connectivity index is 0.00000133. The monoisotopic (exact) mass is 279 g/mol. The van der Waals surface area contributed by atoms with Crippen molar-refractivity contribution in [3.8, 4) is 0 Å². The SMILES string of the molecule is CCCN1CCCCC12CCc1ccccc1C2.Cl. The second kappa shape index (κ2) is 6.28. The van der Waals surface area contributed by atoms with Crippen LogP contribution in [0.15, 0.2) is 24.3 Å². The molecule has 1 atom stereocenters. The minimum absolute atomic E-state index is 0. The molecule has 2 aliphatic rings. The molecule has 1 aromatic rings. The summed E-state index contributed by atoms with van der Waals surface area (Å²) in [6.07, 6.45) is 9.51. The predicted molar refractivity (Wildman–Crippen MR) is 84.2 cm³/mol. The van der Waals surface area contributed by atoms with E-state index >= 15 is 0 Å². The number of hydrogen-bond donors (Lipinski definition) is 0. The van der Waals surface area contributed by atoms with Crippen molar-refractivity contribution in [3.63, 3.8) is 0 Å². The lowest BCUT2D eigenvalue weighted by molar-refractivity contribution is 0.0341. The summed E-state index contributed by atoms with van der Waals surface area (Å²) in [6, 6.07) is 9.09. The maximum Gasteiger partial charge on any atom is 0.0253 e. The summed E-state index contributed by atoms with van der Waals surface area (Å²) in [7, 11) is 0. The molecule has 106 valence electrons. The number of rotatable bonds is 2. The van der Waals surface area contributed by atoms with Crippen LogP contribution in [0.1, 0.15) is 50.2 Å². The largest absolute Gasteiger partial charge is 0.297 e. The van der Waals surface area contributed by atoms with Crippen LogP contribution < -0.4 is 0 Å². The third-order valence-corrected chi connectivity index (χ3v) is 4.98. The van der Waals surface area contributed by atoms with Crippen molar-refractivity contribution >= 4 is 12.4 Å². The molecule has 2 heteroatoms. The zero-order valence-corrected chi connectivity index (χ0v) is 12.8. The van der Waals surface area contributed by atoms with Crippen molar-refractivity contribution in [2.24, 2.45) is 0 Å². The number of halogens is 1. The smallest absolute Gasteiger partial charge is 0.0253 e. The summed E-state index contributed by atoms with van der Waals surface area (Å²) in [4.78, 5) is 2.81. The van der Waals surface area contributed by atoms with E-state index in [1.54, 1.807) is 11.1 Å². The van der Waals surface area contributed by atoms with E-state index in [1.165, 1.54) is 58.0 Å². The van der Waals surface area contributed by atoms with Gasteiger partial charge < -0.3 is 0 Å². The molecule has 0 amide bonds. The van der Waals surface area contributed by atoms with E-state index < -0.39 is 0 Å². The van der Waals surface area contributed by atoms with E-state index in [-0.39, 0.29) is 12.4 Å². The Hall–Kier alpha value is -0.530. The molecule has 1 spiro atoms. The lowest BCUT2D eigenvalue weighted by Crippen LogP contribution is -2.55. The van der Waals surface area contributed by atoms with Gasteiger partial charge in [0.15, 0.2) is 0 Å². The fourth-order valence-corrected chi connectivity index (χ4v) is 4.04. The van der Waals surface area contributed by atoms with Gasteiger partial charge in [-0.05, 0) is 62.7 Å². The van der Waals surface area contributed by atoms with E-state index in [2.05, 4.69) is 36.1 Å². The lowest BCUT2D eigenvalue weighted by atomic mass is 9.72. The summed E-state index contributed by atoms with van der Waals surface area (Å²) in [5, 5.41) is 0. The average Bonchev–Trinajstić information content (AvgIpc) is 2.42. The van der Waals surface area contributed by atoms with Crippen LogP contribution in [0.25, 0.3) is 0 Å². The molecule has 1 aromatic carbocycles. The van der Waals surface area contributed by atoms with Gasteiger partial charge in [0, 0.05) is 5.54 Å². The van der Waals surface area contributed by atoms with E-state index in [1.807, 2.05) is 0 Å². The van der Waals surface area contributed by atoms with E-state index in [4.69, 9.17) is 0 Å². The zero-order chi connectivity index (χ0) is 12.4. The Kier molecular flexibility index (Phi) is 4.92. The first-order valence-corrected chi connectivity index (χ1v) is 7.66. The van der Waals surface area contributed by atoms with Gasteiger partial charge in [0.2, 0.25) is 0 Å². The van der Waals surface area contributed by atoms with Crippen LogP contribution in [0, 0.1) is 0 Å². The Bertz CT molecular complexity index is 415. The summed E-state index contributed by atoms with van der Waals surface area (Å²) in [5.74, 6) is 0. The van der Waals surface area contributed by atoms with Gasteiger partial charge in [0.25, 0.3) is 0 Å². The van der Waals surface area contributed by atoms with Gasteiger partial charge in [-0.3, -0.25) is 4.90 Å². The molecule has 19 heavy (non-hydrogen) atoms. The van der Waals surface area contributed by atoms with Crippen molar-refractivity contribution in [2.45, 2.75) is 57.4 Å².